The van der Waals surface area contributed by atoms with Gasteiger partial charge in [-0.3, -0.25) is 20.2 Å². The lowest BCUT2D eigenvalue weighted by Gasteiger charge is -2.09. The Balaban J connectivity index is 2.48. The average molecular weight is 309 g/mol. The van der Waals surface area contributed by atoms with Gasteiger partial charge in [-0.2, -0.15) is 0 Å². The molecular formula is C13H9ClN2O5. The summed E-state index contributed by atoms with van der Waals surface area (Å²) in [6.07, 6.45) is 0. The molecule has 0 atom stereocenters. The summed E-state index contributed by atoms with van der Waals surface area (Å²) in [4.78, 5) is 20.6. The Kier molecular flexibility index (Phi) is 4.04. The van der Waals surface area contributed by atoms with Crippen LogP contribution in [-0.4, -0.2) is 9.85 Å². The first-order chi connectivity index (χ1) is 9.90. The largest absolute Gasteiger partial charge is 0.450 e. The van der Waals surface area contributed by atoms with Crippen molar-refractivity contribution in [1.82, 2.24) is 0 Å². The van der Waals surface area contributed by atoms with Crippen molar-refractivity contribution in [3.63, 3.8) is 0 Å². The molecule has 8 heteroatoms. The fraction of sp³-hybridized carbons (Fsp3) is 0.0769. The van der Waals surface area contributed by atoms with Crippen LogP contribution in [0.1, 0.15) is 5.56 Å². The first kappa shape index (κ1) is 14.7. The summed E-state index contributed by atoms with van der Waals surface area (Å²) in [5.41, 5.74) is 0.0558. The molecule has 0 aliphatic carbocycles. The second-order valence-corrected chi connectivity index (χ2v) is 4.56. The average Bonchev–Trinajstić information content (AvgIpc) is 2.40. The molecule has 0 amide bonds. The summed E-state index contributed by atoms with van der Waals surface area (Å²) in [6.45, 7) is 1.68. The van der Waals surface area contributed by atoms with Crippen LogP contribution in [0.3, 0.4) is 0 Å². The number of ether oxygens (including phenoxy) is 1. The third kappa shape index (κ3) is 3.09. The van der Waals surface area contributed by atoms with E-state index < -0.39 is 9.85 Å². The van der Waals surface area contributed by atoms with Gasteiger partial charge in [0.05, 0.1) is 15.9 Å². The normalized spacial score (nSPS) is 10.2. The van der Waals surface area contributed by atoms with Gasteiger partial charge in [-0.15, -0.1) is 0 Å². The monoisotopic (exact) mass is 308 g/mol. The third-order valence-electron chi connectivity index (χ3n) is 2.73. The highest BCUT2D eigenvalue weighted by molar-refractivity contribution is 6.32. The van der Waals surface area contributed by atoms with E-state index in [2.05, 4.69) is 0 Å². The van der Waals surface area contributed by atoms with E-state index in [1.165, 1.54) is 36.4 Å². The van der Waals surface area contributed by atoms with E-state index in [1.807, 2.05) is 0 Å². The molecule has 0 fully saturated rings. The van der Waals surface area contributed by atoms with Gasteiger partial charge < -0.3 is 4.74 Å². The number of aryl methyl sites for hydroxylation is 1. The number of para-hydroxylation sites is 1. The zero-order chi connectivity index (χ0) is 15.6. The summed E-state index contributed by atoms with van der Waals surface area (Å²) < 4.78 is 5.44. The van der Waals surface area contributed by atoms with Crippen molar-refractivity contribution in [3.05, 3.63) is 67.2 Å². The van der Waals surface area contributed by atoms with Crippen molar-refractivity contribution in [2.75, 3.05) is 0 Å². The van der Waals surface area contributed by atoms with Crippen LogP contribution in [0.4, 0.5) is 11.4 Å². The molecule has 0 spiro atoms. The van der Waals surface area contributed by atoms with Crippen LogP contribution in [0.5, 0.6) is 11.5 Å². The van der Waals surface area contributed by atoms with E-state index in [9.17, 15) is 20.2 Å². The van der Waals surface area contributed by atoms with E-state index in [1.54, 1.807) is 6.92 Å². The Hall–Kier alpha value is -2.67. The summed E-state index contributed by atoms with van der Waals surface area (Å²) in [7, 11) is 0. The van der Waals surface area contributed by atoms with Gasteiger partial charge in [0.1, 0.15) is 10.8 Å². The van der Waals surface area contributed by atoms with E-state index in [4.69, 9.17) is 16.3 Å². The van der Waals surface area contributed by atoms with Gasteiger partial charge in [-0.25, -0.2) is 0 Å². The van der Waals surface area contributed by atoms with E-state index in [0.717, 1.165) is 0 Å². The number of rotatable bonds is 4. The van der Waals surface area contributed by atoms with Crippen LogP contribution in [0.2, 0.25) is 5.02 Å². The second kappa shape index (κ2) is 5.76. The zero-order valence-corrected chi connectivity index (χ0v) is 11.5. The Labute approximate surface area is 124 Å². The molecule has 2 aromatic carbocycles. The van der Waals surface area contributed by atoms with Gasteiger partial charge in [-0.05, 0) is 30.7 Å². The summed E-state index contributed by atoms with van der Waals surface area (Å²) in [5, 5.41) is 21.7. The minimum atomic E-state index is -0.662. The number of hydrogen-bond donors (Lipinski definition) is 0. The van der Waals surface area contributed by atoms with Crippen LogP contribution in [0.15, 0.2) is 36.4 Å². The van der Waals surface area contributed by atoms with Crippen molar-refractivity contribution >= 4 is 23.0 Å². The zero-order valence-electron chi connectivity index (χ0n) is 10.8. The Morgan fingerprint density at radius 1 is 1.05 bits per heavy atom. The maximum Gasteiger partial charge on any atom is 0.329 e. The first-order valence-corrected chi connectivity index (χ1v) is 6.13. The molecule has 0 N–H and O–H groups in total. The minimum absolute atomic E-state index is 0.0689. The highest BCUT2D eigenvalue weighted by Crippen LogP contribution is 2.38. The molecule has 0 bridgehead atoms. The molecule has 0 saturated carbocycles. The second-order valence-electron chi connectivity index (χ2n) is 4.15. The lowest BCUT2D eigenvalue weighted by atomic mass is 10.2. The fourth-order valence-corrected chi connectivity index (χ4v) is 1.92. The topological polar surface area (TPSA) is 95.5 Å². The Morgan fingerprint density at radius 2 is 1.76 bits per heavy atom. The lowest BCUT2D eigenvalue weighted by molar-refractivity contribution is -0.385. The van der Waals surface area contributed by atoms with Crippen molar-refractivity contribution < 1.29 is 14.6 Å². The first-order valence-electron chi connectivity index (χ1n) is 5.76. The van der Waals surface area contributed by atoms with Crippen LogP contribution < -0.4 is 4.74 Å². The van der Waals surface area contributed by atoms with Crippen LogP contribution >= 0.6 is 11.6 Å². The van der Waals surface area contributed by atoms with Gasteiger partial charge in [-0.1, -0.05) is 17.7 Å². The standard InChI is InChI=1S/C13H9ClN2O5/c1-8-5-6-9(15(17)18)7-12(8)21-11-4-2-3-10(14)13(11)16(19)20/h2-7H,1H3. The van der Waals surface area contributed by atoms with Gasteiger partial charge in [0, 0.05) is 6.07 Å². The number of nitro groups is 2. The van der Waals surface area contributed by atoms with Crippen LogP contribution in [0, 0.1) is 27.2 Å². The van der Waals surface area contributed by atoms with Gasteiger partial charge >= 0.3 is 5.69 Å². The SMILES string of the molecule is Cc1ccc([N+](=O)[O-])cc1Oc1cccc(Cl)c1[N+](=O)[O-]. The Morgan fingerprint density at radius 3 is 2.38 bits per heavy atom. The number of halogens is 1. The molecule has 0 radical (unpaired) electrons. The molecule has 0 aliphatic heterocycles. The van der Waals surface area contributed by atoms with Gasteiger partial charge in [0.25, 0.3) is 5.69 Å². The molecule has 0 unspecified atom stereocenters. The fourth-order valence-electron chi connectivity index (χ4n) is 1.69. The number of hydrogen-bond acceptors (Lipinski definition) is 5. The van der Waals surface area contributed by atoms with Gasteiger partial charge in [0.15, 0.2) is 0 Å². The molecule has 7 nitrogen and oxygen atoms in total. The lowest BCUT2D eigenvalue weighted by Crippen LogP contribution is -1.96. The highest BCUT2D eigenvalue weighted by atomic mass is 35.5. The smallest absolute Gasteiger partial charge is 0.329 e. The molecule has 21 heavy (non-hydrogen) atoms. The van der Waals surface area contributed by atoms with Crippen molar-refractivity contribution in [3.8, 4) is 11.5 Å². The maximum atomic E-state index is 11.0. The van der Waals surface area contributed by atoms with Gasteiger partial charge in [0.2, 0.25) is 5.75 Å². The van der Waals surface area contributed by atoms with Crippen molar-refractivity contribution in [1.29, 1.82) is 0 Å². The third-order valence-corrected chi connectivity index (χ3v) is 3.04. The van der Waals surface area contributed by atoms with Crippen LogP contribution in [-0.2, 0) is 0 Å². The quantitative estimate of drug-likeness (QED) is 0.621. The molecule has 0 heterocycles. The van der Waals surface area contributed by atoms with Crippen molar-refractivity contribution in [2.24, 2.45) is 0 Å². The number of non-ortho nitro benzene ring substituents is 1. The van der Waals surface area contributed by atoms with E-state index in [0.29, 0.717) is 5.56 Å². The summed E-state index contributed by atoms with van der Waals surface area (Å²) in [6, 6.07) is 8.28. The van der Waals surface area contributed by atoms with E-state index >= 15 is 0 Å². The minimum Gasteiger partial charge on any atom is -0.450 e. The number of benzene rings is 2. The maximum absolute atomic E-state index is 11.0. The molecule has 0 aromatic heterocycles. The Bertz CT molecular complexity index is 732. The van der Waals surface area contributed by atoms with Crippen molar-refractivity contribution in [2.45, 2.75) is 6.92 Å². The summed E-state index contributed by atoms with van der Waals surface area (Å²) in [5.74, 6) is 0.0886. The summed E-state index contributed by atoms with van der Waals surface area (Å²) >= 11 is 5.78. The number of nitro benzene ring substituents is 2. The molecule has 108 valence electrons. The molecular weight excluding hydrogens is 300 g/mol. The predicted octanol–water partition coefficient (Wildman–Crippen LogP) is 4.26. The molecule has 2 rings (SSSR count). The van der Waals surface area contributed by atoms with E-state index in [-0.39, 0.29) is 27.9 Å². The molecule has 0 aliphatic rings. The molecule has 0 saturated heterocycles. The highest BCUT2D eigenvalue weighted by Gasteiger charge is 2.21. The predicted molar refractivity (Wildman–Crippen MR) is 76.0 cm³/mol. The molecule has 2 aromatic rings. The van der Waals surface area contributed by atoms with Crippen LogP contribution in [0.25, 0.3) is 0 Å². The number of nitrogens with zero attached hydrogens (tertiary/aromatic N) is 2.